The fraction of sp³-hybridized carbons (Fsp3) is 0.250. The van der Waals surface area contributed by atoms with E-state index in [9.17, 15) is 9.18 Å². The van der Waals surface area contributed by atoms with Gasteiger partial charge in [-0.25, -0.2) is 9.18 Å². The maximum atomic E-state index is 12.7. The summed E-state index contributed by atoms with van der Waals surface area (Å²) in [6.45, 7) is 4.65. The maximum Gasteiger partial charge on any atom is 0.330 e. The van der Waals surface area contributed by atoms with Crippen LogP contribution in [0.4, 0.5) is 4.39 Å². The van der Waals surface area contributed by atoms with E-state index in [1.807, 2.05) is 19.9 Å². The van der Waals surface area contributed by atoms with Crippen molar-refractivity contribution in [3.05, 3.63) is 59.2 Å². The summed E-state index contributed by atoms with van der Waals surface area (Å²) < 4.78 is 19.6. The predicted octanol–water partition coefficient (Wildman–Crippen LogP) is 2.90. The number of esters is 1. The molecule has 0 radical (unpaired) electrons. The summed E-state index contributed by atoms with van der Waals surface area (Å²) in [6.07, 6.45) is 2.92. The van der Waals surface area contributed by atoms with Gasteiger partial charge in [-0.2, -0.15) is 5.10 Å². The number of aromatic nitrogens is 2. The van der Waals surface area contributed by atoms with Gasteiger partial charge in [-0.1, -0.05) is 12.1 Å². The van der Waals surface area contributed by atoms with Gasteiger partial charge < -0.3 is 4.74 Å². The molecule has 0 unspecified atom stereocenters. The Balaban J connectivity index is 1.79. The average molecular weight is 288 g/mol. The van der Waals surface area contributed by atoms with Crippen molar-refractivity contribution < 1.29 is 13.9 Å². The third-order valence-electron chi connectivity index (χ3n) is 2.93. The Kier molecular flexibility index (Phi) is 4.87. The highest BCUT2D eigenvalue weighted by atomic mass is 19.1. The lowest BCUT2D eigenvalue weighted by atomic mass is 10.2. The van der Waals surface area contributed by atoms with Gasteiger partial charge in [0.15, 0.2) is 0 Å². The fourth-order valence-corrected chi connectivity index (χ4v) is 1.92. The molecule has 0 aliphatic heterocycles. The molecule has 1 aromatic heterocycles. The van der Waals surface area contributed by atoms with Gasteiger partial charge in [0.2, 0.25) is 0 Å². The van der Waals surface area contributed by atoms with E-state index in [1.165, 1.54) is 18.2 Å². The highest BCUT2D eigenvalue weighted by Gasteiger charge is 2.02. The molecular formula is C16H17FN2O2. The molecule has 1 aromatic carbocycles. The Morgan fingerprint density at radius 1 is 1.33 bits per heavy atom. The molecular weight excluding hydrogens is 271 g/mol. The lowest BCUT2D eigenvalue weighted by Gasteiger charge is -2.04. The number of benzene rings is 1. The number of carbonyl (C=O) groups is 1. The van der Waals surface area contributed by atoms with E-state index in [1.54, 1.807) is 22.9 Å². The number of aryl methyl sites for hydroxylation is 2. The molecule has 21 heavy (non-hydrogen) atoms. The molecule has 0 aliphatic rings. The van der Waals surface area contributed by atoms with E-state index >= 15 is 0 Å². The lowest BCUT2D eigenvalue weighted by molar-refractivity contribution is -0.138. The summed E-state index contributed by atoms with van der Waals surface area (Å²) >= 11 is 0. The molecule has 0 fully saturated rings. The molecule has 0 amide bonds. The van der Waals surface area contributed by atoms with E-state index < -0.39 is 5.97 Å². The van der Waals surface area contributed by atoms with Crippen LogP contribution in [0, 0.1) is 19.7 Å². The normalized spacial score (nSPS) is 11.0. The largest absolute Gasteiger partial charge is 0.461 e. The van der Waals surface area contributed by atoms with Gasteiger partial charge in [0.05, 0.1) is 12.2 Å². The summed E-state index contributed by atoms with van der Waals surface area (Å²) in [5.41, 5.74) is 2.72. The van der Waals surface area contributed by atoms with Gasteiger partial charge in [-0.3, -0.25) is 4.68 Å². The van der Waals surface area contributed by atoms with Crippen LogP contribution < -0.4 is 0 Å². The third kappa shape index (κ3) is 4.56. The van der Waals surface area contributed by atoms with Gasteiger partial charge >= 0.3 is 5.97 Å². The zero-order chi connectivity index (χ0) is 15.2. The lowest BCUT2D eigenvalue weighted by Crippen LogP contribution is -2.11. The minimum atomic E-state index is -0.430. The number of carbonyl (C=O) groups excluding carboxylic acids is 1. The van der Waals surface area contributed by atoms with E-state index in [0.717, 1.165) is 17.0 Å². The second-order valence-corrected chi connectivity index (χ2v) is 4.70. The standard InChI is InChI=1S/C16H17FN2O2/c1-12-11-13(2)19(18-12)9-10-21-16(20)8-5-14-3-6-15(17)7-4-14/h3-8,11H,9-10H2,1-2H3. The molecule has 4 nitrogen and oxygen atoms in total. The number of hydrogen-bond donors (Lipinski definition) is 0. The van der Waals surface area contributed by atoms with Crippen LogP contribution in [0.2, 0.25) is 0 Å². The molecule has 2 rings (SSSR count). The molecule has 0 saturated carbocycles. The van der Waals surface area contributed by atoms with Crippen LogP contribution in [0.3, 0.4) is 0 Å². The topological polar surface area (TPSA) is 44.1 Å². The zero-order valence-electron chi connectivity index (χ0n) is 12.0. The Morgan fingerprint density at radius 2 is 2.05 bits per heavy atom. The van der Waals surface area contributed by atoms with E-state index in [4.69, 9.17) is 4.74 Å². The summed E-state index contributed by atoms with van der Waals surface area (Å²) in [7, 11) is 0. The van der Waals surface area contributed by atoms with Crippen LogP contribution in [-0.2, 0) is 16.1 Å². The van der Waals surface area contributed by atoms with Gasteiger partial charge in [0.1, 0.15) is 12.4 Å². The molecule has 5 heteroatoms. The molecule has 2 aromatic rings. The van der Waals surface area contributed by atoms with Gasteiger partial charge in [-0.05, 0) is 43.7 Å². The fourth-order valence-electron chi connectivity index (χ4n) is 1.92. The van der Waals surface area contributed by atoms with Crippen molar-refractivity contribution in [2.45, 2.75) is 20.4 Å². The first-order valence-electron chi connectivity index (χ1n) is 6.66. The number of ether oxygens (including phenoxy) is 1. The molecule has 0 saturated heterocycles. The Labute approximate surface area is 122 Å². The van der Waals surface area contributed by atoms with Crippen molar-refractivity contribution >= 4 is 12.0 Å². The van der Waals surface area contributed by atoms with Crippen LogP contribution in [0.15, 0.2) is 36.4 Å². The Bertz CT molecular complexity index is 645. The Hall–Kier alpha value is -2.43. The van der Waals surface area contributed by atoms with Crippen molar-refractivity contribution in [2.24, 2.45) is 0 Å². The highest BCUT2D eigenvalue weighted by molar-refractivity contribution is 5.86. The first kappa shape index (κ1) is 15.0. The van der Waals surface area contributed by atoms with Crippen molar-refractivity contribution in [1.82, 2.24) is 9.78 Å². The van der Waals surface area contributed by atoms with Gasteiger partial charge in [0, 0.05) is 11.8 Å². The summed E-state index contributed by atoms with van der Waals surface area (Å²) in [5, 5.41) is 4.28. The molecule has 0 spiro atoms. The molecule has 1 heterocycles. The first-order chi connectivity index (χ1) is 10.0. The number of halogens is 1. The first-order valence-corrected chi connectivity index (χ1v) is 6.66. The van der Waals surface area contributed by atoms with Crippen LogP contribution in [0.25, 0.3) is 6.08 Å². The van der Waals surface area contributed by atoms with Crippen molar-refractivity contribution in [2.75, 3.05) is 6.61 Å². The van der Waals surface area contributed by atoms with E-state index in [0.29, 0.717) is 6.54 Å². The van der Waals surface area contributed by atoms with E-state index in [-0.39, 0.29) is 12.4 Å². The van der Waals surface area contributed by atoms with Crippen LogP contribution in [0.5, 0.6) is 0 Å². The average Bonchev–Trinajstić information content (AvgIpc) is 2.76. The van der Waals surface area contributed by atoms with Crippen molar-refractivity contribution in [3.63, 3.8) is 0 Å². The van der Waals surface area contributed by atoms with Crippen LogP contribution in [-0.4, -0.2) is 22.4 Å². The molecule has 0 N–H and O–H groups in total. The number of rotatable bonds is 5. The monoisotopic (exact) mass is 288 g/mol. The van der Waals surface area contributed by atoms with Gasteiger partial charge in [0.25, 0.3) is 0 Å². The zero-order valence-corrected chi connectivity index (χ0v) is 12.0. The van der Waals surface area contributed by atoms with E-state index in [2.05, 4.69) is 5.10 Å². The maximum absolute atomic E-state index is 12.7. The molecule has 0 aliphatic carbocycles. The van der Waals surface area contributed by atoms with Crippen molar-refractivity contribution in [1.29, 1.82) is 0 Å². The summed E-state index contributed by atoms with van der Waals surface area (Å²) in [4.78, 5) is 11.6. The number of nitrogens with zero attached hydrogens (tertiary/aromatic N) is 2. The third-order valence-corrected chi connectivity index (χ3v) is 2.93. The quantitative estimate of drug-likeness (QED) is 0.627. The van der Waals surface area contributed by atoms with Crippen LogP contribution in [0.1, 0.15) is 17.0 Å². The van der Waals surface area contributed by atoms with Gasteiger partial charge in [-0.15, -0.1) is 0 Å². The predicted molar refractivity (Wildman–Crippen MR) is 78.1 cm³/mol. The SMILES string of the molecule is Cc1cc(C)n(CCOC(=O)C=Cc2ccc(F)cc2)n1. The summed E-state index contributed by atoms with van der Waals surface area (Å²) in [5.74, 6) is -0.736. The molecule has 0 bridgehead atoms. The number of hydrogen-bond acceptors (Lipinski definition) is 3. The second-order valence-electron chi connectivity index (χ2n) is 4.70. The molecule has 0 atom stereocenters. The van der Waals surface area contributed by atoms with Crippen LogP contribution >= 0.6 is 0 Å². The van der Waals surface area contributed by atoms with Crippen molar-refractivity contribution in [3.8, 4) is 0 Å². The highest BCUT2D eigenvalue weighted by Crippen LogP contribution is 2.05. The Morgan fingerprint density at radius 3 is 2.67 bits per heavy atom. The smallest absolute Gasteiger partial charge is 0.330 e. The second kappa shape index (κ2) is 6.83. The summed E-state index contributed by atoms with van der Waals surface area (Å²) in [6, 6.07) is 7.84. The minimum Gasteiger partial charge on any atom is -0.461 e. The minimum absolute atomic E-state index is 0.258. The molecule has 110 valence electrons.